The van der Waals surface area contributed by atoms with E-state index in [-0.39, 0.29) is 4.90 Å². The highest BCUT2D eigenvalue weighted by Gasteiger charge is 2.32. The van der Waals surface area contributed by atoms with Crippen molar-refractivity contribution < 1.29 is 12.8 Å². The summed E-state index contributed by atoms with van der Waals surface area (Å²) >= 11 is 5.04. The minimum Gasteiger partial charge on any atom is -0.452 e. The molecule has 1 unspecified atom stereocenters. The van der Waals surface area contributed by atoms with Gasteiger partial charge in [-0.3, -0.25) is 0 Å². The summed E-state index contributed by atoms with van der Waals surface area (Å²) in [7, 11) is -3.48. The average molecular weight is 397 g/mol. The molecule has 0 amide bonds. The first-order valence-corrected chi connectivity index (χ1v) is 10.3. The highest BCUT2D eigenvalue weighted by molar-refractivity contribution is 9.10. The van der Waals surface area contributed by atoms with Gasteiger partial charge in [-0.1, -0.05) is 13.8 Å². The summed E-state index contributed by atoms with van der Waals surface area (Å²) in [6, 6.07) is 1.62. The molecule has 8 heteroatoms. The van der Waals surface area contributed by atoms with E-state index in [1.165, 1.54) is 0 Å². The highest BCUT2D eigenvalue weighted by atomic mass is 79.9. The lowest BCUT2D eigenvalue weighted by atomic mass is 10.4. The summed E-state index contributed by atoms with van der Waals surface area (Å²) in [5, 5.41) is 3.53. The molecule has 21 heavy (non-hydrogen) atoms. The topological polar surface area (TPSA) is 62.6 Å². The monoisotopic (exact) mass is 396 g/mol. The van der Waals surface area contributed by atoms with Crippen molar-refractivity contribution in [3.8, 4) is 0 Å². The fraction of sp³-hybridized carbons (Fsp3) is 0.692. The Morgan fingerprint density at radius 1 is 1.57 bits per heavy atom. The second-order valence-corrected chi connectivity index (χ2v) is 9.24. The number of nitrogens with zero attached hydrogens (tertiary/aromatic N) is 1. The van der Waals surface area contributed by atoms with Crippen LogP contribution in [0.1, 0.15) is 26.0 Å². The molecule has 0 aromatic carbocycles. The molecule has 5 nitrogen and oxygen atoms in total. The van der Waals surface area contributed by atoms with Crippen LogP contribution < -0.4 is 5.32 Å². The van der Waals surface area contributed by atoms with E-state index in [0.29, 0.717) is 35.3 Å². The first kappa shape index (κ1) is 17.3. The number of hydrogen-bond donors (Lipinski definition) is 1. The van der Waals surface area contributed by atoms with E-state index in [9.17, 15) is 8.42 Å². The molecule has 1 saturated heterocycles. The lowest BCUT2D eigenvalue weighted by Crippen LogP contribution is -2.40. The number of nitrogens with one attached hydrogen (secondary N) is 1. The maximum Gasteiger partial charge on any atom is 0.247 e. The van der Waals surface area contributed by atoms with Crippen LogP contribution in [0.3, 0.4) is 0 Å². The highest BCUT2D eigenvalue weighted by Crippen LogP contribution is 2.31. The molecule has 0 saturated carbocycles. The van der Waals surface area contributed by atoms with Gasteiger partial charge in [0.2, 0.25) is 10.0 Å². The van der Waals surface area contributed by atoms with Crippen LogP contribution in [-0.4, -0.2) is 43.4 Å². The van der Waals surface area contributed by atoms with Gasteiger partial charge in [-0.2, -0.15) is 16.1 Å². The number of hydrogen-bond acceptors (Lipinski definition) is 5. The first-order valence-electron chi connectivity index (χ1n) is 7.05. The zero-order chi connectivity index (χ0) is 15.5. The standard InChI is InChI=1S/C13H21BrN2O3S2/c1-3-4-15-8-11-7-12(13(14)19-11)21(17,18)16-5-6-20-10(2)9-16/h7,10,15H,3-6,8-9H2,1-2H3. The van der Waals surface area contributed by atoms with Crippen molar-refractivity contribution in [1.82, 2.24) is 9.62 Å². The Labute approximate surface area is 139 Å². The van der Waals surface area contributed by atoms with Gasteiger partial charge in [0.15, 0.2) is 4.67 Å². The van der Waals surface area contributed by atoms with Gasteiger partial charge in [-0.15, -0.1) is 0 Å². The molecule has 1 fully saturated rings. The van der Waals surface area contributed by atoms with Crippen molar-refractivity contribution >= 4 is 37.7 Å². The SMILES string of the molecule is CCCNCc1cc(S(=O)(=O)N2CCSC(C)C2)c(Br)o1. The molecular weight excluding hydrogens is 376 g/mol. The summed E-state index contributed by atoms with van der Waals surface area (Å²) < 4.78 is 32.8. The lowest BCUT2D eigenvalue weighted by Gasteiger charge is -2.29. The second kappa shape index (κ2) is 7.50. The lowest BCUT2D eigenvalue weighted by molar-refractivity contribution is 0.420. The van der Waals surface area contributed by atoms with Crippen LogP contribution in [0, 0.1) is 0 Å². The largest absolute Gasteiger partial charge is 0.452 e. The van der Waals surface area contributed by atoms with Crippen LogP contribution in [0.5, 0.6) is 0 Å². The zero-order valence-corrected chi connectivity index (χ0v) is 15.5. The van der Waals surface area contributed by atoms with E-state index in [0.717, 1.165) is 18.7 Å². The maximum absolute atomic E-state index is 12.7. The van der Waals surface area contributed by atoms with Gasteiger partial charge in [-0.25, -0.2) is 8.42 Å². The number of thioether (sulfide) groups is 1. The van der Waals surface area contributed by atoms with Crippen LogP contribution in [0.4, 0.5) is 0 Å². The molecule has 1 aromatic heterocycles. The quantitative estimate of drug-likeness (QED) is 0.748. The van der Waals surface area contributed by atoms with Crippen molar-refractivity contribution in [3.63, 3.8) is 0 Å². The van der Waals surface area contributed by atoms with Crippen LogP contribution >= 0.6 is 27.7 Å². The van der Waals surface area contributed by atoms with Gasteiger partial charge in [0.25, 0.3) is 0 Å². The number of furan rings is 1. The van der Waals surface area contributed by atoms with Gasteiger partial charge >= 0.3 is 0 Å². The Kier molecular flexibility index (Phi) is 6.19. The summed E-state index contributed by atoms with van der Waals surface area (Å²) in [5.41, 5.74) is 0. The molecule has 1 atom stereocenters. The number of sulfonamides is 1. The van der Waals surface area contributed by atoms with Crippen molar-refractivity contribution in [3.05, 3.63) is 16.5 Å². The Bertz CT molecular complexity index is 574. The van der Waals surface area contributed by atoms with E-state index in [1.54, 1.807) is 22.1 Å². The molecule has 0 aliphatic carbocycles. The van der Waals surface area contributed by atoms with Crippen molar-refractivity contribution in [2.24, 2.45) is 0 Å². The Morgan fingerprint density at radius 3 is 3.00 bits per heavy atom. The van der Waals surface area contributed by atoms with E-state index in [1.807, 2.05) is 0 Å². The molecule has 1 aromatic rings. The van der Waals surface area contributed by atoms with E-state index >= 15 is 0 Å². The van der Waals surface area contributed by atoms with Gasteiger partial charge in [0.05, 0.1) is 6.54 Å². The summed E-state index contributed by atoms with van der Waals surface area (Å²) in [6.07, 6.45) is 1.02. The second-order valence-electron chi connectivity index (χ2n) is 5.07. The maximum atomic E-state index is 12.7. The Balaban J connectivity index is 2.15. The smallest absolute Gasteiger partial charge is 0.247 e. The zero-order valence-electron chi connectivity index (χ0n) is 12.3. The molecule has 120 valence electrons. The predicted octanol–water partition coefficient (Wildman–Crippen LogP) is 2.67. The predicted molar refractivity (Wildman–Crippen MR) is 89.1 cm³/mol. The normalized spacial score (nSPS) is 20.8. The molecule has 0 radical (unpaired) electrons. The van der Waals surface area contributed by atoms with Crippen molar-refractivity contribution in [2.45, 2.75) is 37.0 Å². The van der Waals surface area contributed by atoms with Gasteiger partial charge in [0, 0.05) is 30.2 Å². The van der Waals surface area contributed by atoms with E-state index < -0.39 is 10.0 Å². The molecule has 1 aliphatic rings. The molecule has 0 bridgehead atoms. The Hall–Kier alpha value is -0.0200. The summed E-state index contributed by atoms with van der Waals surface area (Å²) in [6.45, 7) is 6.65. The fourth-order valence-corrected chi connectivity index (χ4v) is 5.91. The van der Waals surface area contributed by atoms with Crippen LogP contribution in [0.25, 0.3) is 0 Å². The third kappa shape index (κ3) is 4.25. The summed E-state index contributed by atoms with van der Waals surface area (Å²) in [4.78, 5) is 0.231. The third-order valence-corrected chi connectivity index (χ3v) is 7.11. The molecule has 2 rings (SSSR count). The van der Waals surface area contributed by atoms with Crippen molar-refractivity contribution in [2.75, 3.05) is 25.4 Å². The van der Waals surface area contributed by atoms with Crippen LogP contribution in [0.15, 0.2) is 20.0 Å². The fourth-order valence-electron chi connectivity index (χ4n) is 2.19. The molecule has 2 heterocycles. The minimum absolute atomic E-state index is 0.231. The molecule has 0 spiro atoms. The number of rotatable bonds is 6. The van der Waals surface area contributed by atoms with E-state index in [2.05, 4.69) is 35.1 Å². The first-order chi connectivity index (χ1) is 9.95. The average Bonchev–Trinajstić information content (AvgIpc) is 2.81. The Morgan fingerprint density at radius 2 is 2.33 bits per heavy atom. The number of halogens is 1. The third-order valence-electron chi connectivity index (χ3n) is 3.25. The molecule has 1 N–H and O–H groups in total. The van der Waals surface area contributed by atoms with Crippen molar-refractivity contribution in [1.29, 1.82) is 0 Å². The minimum atomic E-state index is -3.48. The van der Waals surface area contributed by atoms with Gasteiger partial charge < -0.3 is 9.73 Å². The van der Waals surface area contributed by atoms with Crippen LogP contribution in [-0.2, 0) is 16.6 Å². The van der Waals surface area contributed by atoms with Gasteiger partial charge in [-0.05, 0) is 28.9 Å². The van der Waals surface area contributed by atoms with E-state index in [4.69, 9.17) is 4.42 Å². The molecular formula is C13H21BrN2O3S2. The summed E-state index contributed by atoms with van der Waals surface area (Å²) in [5.74, 6) is 1.47. The van der Waals surface area contributed by atoms with Crippen LogP contribution in [0.2, 0.25) is 0 Å². The molecule has 1 aliphatic heterocycles. The van der Waals surface area contributed by atoms with Gasteiger partial charge in [0.1, 0.15) is 10.7 Å².